The molecule has 0 aliphatic rings. The first-order chi connectivity index (χ1) is 9.38. The fraction of sp³-hybridized carbons (Fsp3) is 0.167. The molecule has 0 radical (unpaired) electrons. The zero-order chi connectivity index (χ0) is 14.9. The molecule has 4 nitrogen and oxygen atoms in total. The molecule has 1 aromatic carbocycles. The van der Waals surface area contributed by atoms with Crippen LogP contribution in [0.5, 0.6) is 0 Å². The molecule has 0 amide bonds. The van der Waals surface area contributed by atoms with Crippen molar-refractivity contribution in [3.05, 3.63) is 54.4 Å². The van der Waals surface area contributed by atoms with Crippen LogP contribution in [0.4, 0.5) is 15.8 Å². The van der Waals surface area contributed by atoms with E-state index in [-0.39, 0.29) is 6.04 Å². The first kappa shape index (κ1) is 15.0. The van der Waals surface area contributed by atoms with Gasteiger partial charge in [-0.2, -0.15) is 4.39 Å². The summed E-state index contributed by atoms with van der Waals surface area (Å²) in [6.45, 7) is 1.83. The summed E-state index contributed by atoms with van der Waals surface area (Å²) in [6.07, 6.45) is 0. The van der Waals surface area contributed by atoms with E-state index in [4.69, 9.17) is 23.2 Å². The molecule has 1 heterocycles. The molecule has 1 aromatic heterocycles. The molecule has 0 saturated carbocycles. The van der Waals surface area contributed by atoms with Crippen molar-refractivity contribution in [1.82, 2.24) is 0 Å². The van der Waals surface area contributed by atoms with Crippen molar-refractivity contribution in [2.45, 2.75) is 13.0 Å². The van der Waals surface area contributed by atoms with E-state index in [9.17, 15) is 14.5 Å². The van der Waals surface area contributed by atoms with Crippen LogP contribution >= 0.6 is 34.5 Å². The minimum Gasteiger partial charge on any atom is -0.378 e. The Bertz CT molecular complexity index is 663. The highest BCUT2D eigenvalue weighted by molar-refractivity contribution is 7.20. The second kappa shape index (κ2) is 5.95. The number of rotatable bonds is 4. The van der Waals surface area contributed by atoms with Gasteiger partial charge in [-0.05, 0) is 25.1 Å². The fourth-order valence-electron chi connectivity index (χ4n) is 1.72. The van der Waals surface area contributed by atoms with Crippen LogP contribution in [0.1, 0.15) is 18.5 Å². The SMILES string of the molecule is CC(Nc1ccc(F)c([N+](=O)[O-])c1)c1cc(Cl)sc1Cl. The van der Waals surface area contributed by atoms with Gasteiger partial charge in [0.25, 0.3) is 0 Å². The first-order valence-electron chi connectivity index (χ1n) is 5.53. The molecular weight excluding hydrogens is 326 g/mol. The number of anilines is 1. The van der Waals surface area contributed by atoms with Gasteiger partial charge in [0.1, 0.15) is 0 Å². The normalized spacial score (nSPS) is 12.2. The maximum absolute atomic E-state index is 13.2. The van der Waals surface area contributed by atoms with E-state index in [2.05, 4.69) is 5.32 Å². The minimum absolute atomic E-state index is 0.212. The highest BCUT2D eigenvalue weighted by Crippen LogP contribution is 2.36. The molecule has 0 fully saturated rings. The zero-order valence-corrected chi connectivity index (χ0v) is 12.5. The van der Waals surface area contributed by atoms with Crippen LogP contribution in [-0.2, 0) is 0 Å². The Hall–Kier alpha value is -1.37. The molecule has 1 unspecified atom stereocenters. The van der Waals surface area contributed by atoms with E-state index in [0.717, 1.165) is 17.7 Å². The molecule has 2 rings (SSSR count). The monoisotopic (exact) mass is 334 g/mol. The number of benzene rings is 1. The summed E-state index contributed by atoms with van der Waals surface area (Å²) < 4.78 is 14.3. The Morgan fingerprint density at radius 2 is 2.10 bits per heavy atom. The van der Waals surface area contributed by atoms with Crippen molar-refractivity contribution >= 4 is 45.9 Å². The number of halogens is 3. The molecule has 2 aromatic rings. The summed E-state index contributed by atoms with van der Waals surface area (Å²) in [7, 11) is 0. The van der Waals surface area contributed by atoms with Crippen LogP contribution < -0.4 is 5.32 Å². The average molecular weight is 335 g/mol. The van der Waals surface area contributed by atoms with Gasteiger partial charge in [-0.25, -0.2) is 0 Å². The van der Waals surface area contributed by atoms with E-state index in [1.165, 1.54) is 17.4 Å². The number of hydrogen-bond donors (Lipinski definition) is 1. The number of nitro groups is 1. The first-order valence-corrected chi connectivity index (χ1v) is 7.11. The highest BCUT2D eigenvalue weighted by Gasteiger charge is 2.17. The minimum atomic E-state index is -0.871. The summed E-state index contributed by atoms with van der Waals surface area (Å²) in [5, 5.41) is 13.7. The molecular formula is C12H9Cl2FN2O2S. The lowest BCUT2D eigenvalue weighted by Gasteiger charge is -2.14. The predicted octanol–water partition coefficient (Wildman–Crippen LogP) is 5.28. The molecule has 8 heteroatoms. The molecule has 1 N–H and O–H groups in total. The average Bonchev–Trinajstić information content (AvgIpc) is 2.70. The molecule has 106 valence electrons. The Labute approximate surface area is 128 Å². The van der Waals surface area contributed by atoms with Gasteiger partial charge in [-0.1, -0.05) is 23.2 Å². The maximum Gasteiger partial charge on any atom is 0.306 e. The van der Waals surface area contributed by atoms with Crippen molar-refractivity contribution in [3.63, 3.8) is 0 Å². The second-order valence-electron chi connectivity index (χ2n) is 4.07. The lowest BCUT2D eigenvalue weighted by atomic mass is 10.1. The number of thiophene rings is 1. The van der Waals surface area contributed by atoms with Crippen molar-refractivity contribution < 1.29 is 9.31 Å². The predicted molar refractivity (Wildman–Crippen MR) is 79.4 cm³/mol. The molecule has 20 heavy (non-hydrogen) atoms. The number of nitro benzene ring substituents is 1. The third-order valence-electron chi connectivity index (χ3n) is 2.68. The summed E-state index contributed by atoms with van der Waals surface area (Å²) in [6, 6.07) is 5.14. The van der Waals surface area contributed by atoms with Gasteiger partial charge in [0.15, 0.2) is 0 Å². The number of hydrogen-bond acceptors (Lipinski definition) is 4. The van der Waals surface area contributed by atoms with Crippen LogP contribution in [0.2, 0.25) is 8.67 Å². The smallest absolute Gasteiger partial charge is 0.306 e. The standard InChI is InChI=1S/C12H9Cl2FN2O2S/c1-6(8-5-11(13)20-12(8)14)16-7-2-3-9(15)10(4-7)17(18)19/h2-6,16H,1H3. The van der Waals surface area contributed by atoms with Crippen LogP contribution in [-0.4, -0.2) is 4.92 Å². The summed E-state index contributed by atoms with van der Waals surface area (Å²) in [4.78, 5) is 9.92. The Kier molecular flexibility index (Phi) is 4.47. The van der Waals surface area contributed by atoms with Crippen molar-refractivity contribution in [2.75, 3.05) is 5.32 Å². The Balaban J connectivity index is 2.24. The summed E-state index contributed by atoms with van der Waals surface area (Å²) >= 11 is 13.1. The van der Waals surface area contributed by atoms with Crippen LogP contribution in [0.15, 0.2) is 24.3 Å². The molecule has 0 saturated heterocycles. The summed E-state index contributed by atoms with van der Waals surface area (Å²) in [5.74, 6) is -0.871. The van der Waals surface area contributed by atoms with Crippen molar-refractivity contribution in [2.24, 2.45) is 0 Å². The van der Waals surface area contributed by atoms with E-state index in [1.54, 1.807) is 6.07 Å². The van der Waals surface area contributed by atoms with Gasteiger partial charge in [0.2, 0.25) is 5.82 Å². The van der Waals surface area contributed by atoms with Gasteiger partial charge in [0, 0.05) is 17.3 Å². The molecule has 1 atom stereocenters. The van der Waals surface area contributed by atoms with Gasteiger partial charge in [-0.3, -0.25) is 10.1 Å². The van der Waals surface area contributed by atoms with Crippen molar-refractivity contribution in [1.29, 1.82) is 0 Å². The number of nitrogens with one attached hydrogen (secondary N) is 1. The Morgan fingerprint density at radius 1 is 1.40 bits per heavy atom. The third-order valence-corrected chi connectivity index (χ3v) is 4.19. The number of nitrogens with zero attached hydrogens (tertiary/aromatic N) is 1. The quantitative estimate of drug-likeness (QED) is 0.611. The summed E-state index contributed by atoms with van der Waals surface area (Å²) in [5.41, 5.74) is 0.647. The maximum atomic E-state index is 13.2. The topological polar surface area (TPSA) is 55.2 Å². The third kappa shape index (κ3) is 3.20. The molecule has 0 spiro atoms. The highest BCUT2D eigenvalue weighted by atomic mass is 35.5. The van der Waals surface area contributed by atoms with Gasteiger partial charge >= 0.3 is 5.69 Å². The molecule has 0 bridgehead atoms. The van der Waals surface area contributed by atoms with E-state index >= 15 is 0 Å². The van der Waals surface area contributed by atoms with E-state index in [1.807, 2.05) is 6.92 Å². The lowest BCUT2D eigenvalue weighted by molar-refractivity contribution is -0.387. The largest absolute Gasteiger partial charge is 0.378 e. The molecule has 0 aliphatic heterocycles. The fourth-order valence-corrected chi connectivity index (χ4v) is 3.36. The van der Waals surface area contributed by atoms with Crippen LogP contribution in [0.3, 0.4) is 0 Å². The van der Waals surface area contributed by atoms with Gasteiger partial charge < -0.3 is 5.32 Å². The van der Waals surface area contributed by atoms with Gasteiger partial charge in [-0.15, -0.1) is 11.3 Å². The van der Waals surface area contributed by atoms with Crippen LogP contribution in [0.25, 0.3) is 0 Å². The van der Waals surface area contributed by atoms with E-state index < -0.39 is 16.4 Å². The zero-order valence-electron chi connectivity index (χ0n) is 10.2. The molecule has 0 aliphatic carbocycles. The van der Waals surface area contributed by atoms with Gasteiger partial charge in [0.05, 0.1) is 19.6 Å². The Morgan fingerprint density at radius 3 is 2.65 bits per heavy atom. The van der Waals surface area contributed by atoms with Crippen LogP contribution in [0, 0.1) is 15.9 Å². The van der Waals surface area contributed by atoms with Crippen molar-refractivity contribution in [3.8, 4) is 0 Å². The van der Waals surface area contributed by atoms with E-state index in [0.29, 0.717) is 14.4 Å². The lowest BCUT2D eigenvalue weighted by Crippen LogP contribution is -2.06. The second-order valence-corrected chi connectivity index (χ2v) is 6.35.